The predicted octanol–water partition coefficient (Wildman–Crippen LogP) is 2.68. The summed E-state index contributed by atoms with van der Waals surface area (Å²) in [5, 5.41) is 4.33. The van der Waals surface area contributed by atoms with Crippen molar-refractivity contribution in [2.45, 2.75) is 13.0 Å². The second-order valence-corrected chi connectivity index (χ2v) is 9.37. The predicted molar refractivity (Wildman–Crippen MR) is 98.4 cm³/mol. The number of hydrazine groups is 1. The molecule has 6 nitrogen and oxygen atoms in total. The van der Waals surface area contributed by atoms with E-state index in [2.05, 4.69) is 15.9 Å². The second kappa shape index (κ2) is 6.33. The molecule has 1 saturated heterocycles. The first-order valence-corrected chi connectivity index (χ1v) is 10.3. The van der Waals surface area contributed by atoms with E-state index in [0.717, 1.165) is 4.47 Å². The normalized spacial score (nSPS) is 21.1. The summed E-state index contributed by atoms with van der Waals surface area (Å²) in [6.45, 7) is 2.10. The molecule has 1 aromatic carbocycles. The van der Waals surface area contributed by atoms with Gasteiger partial charge in [-0.2, -0.15) is 0 Å². The van der Waals surface area contributed by atoms with Gasteiger partial charge in [0.2, 0.25) is 0 Å². The number of rotatable bonds is 2. The Labute approximate surface area is 153 Å². The maximum Gasteiger partial charge on any atom is 0.363 e. The van der Waals surface area contributed by atoms with Crippen LogP contribution in [0.3, 0.4) is 0 Å². The minimum absolute atomic E-state index is 0.0411. The highest BCUT2D eigenvalue weighted by molar-refractivity contribution is 9.10. The van der Waals surface area contributed by atoms with Gasteiger partial charge in [-0.25, -0.2) is 18.2 Å². The molecule has 0 bridgehead atoms. The number of sulfone groups is 1. The van der Waals surface area contributed by atoms with Crippen LogP contribution < -0.4 is 10.6 Å². The van der Waals surface area contributed by atoms with Crippen LogP contribution in [0.25, 0.3) is 11.0 Å². The van der Waals surface area contributed by atoms with Gasteiger partial charge in [0.1, 0.15) is 5.58 Å². The van der Waals surface area contributed by atoms with Crippen LogP contribution in [0.4, 0.5) is 5.69 Å². The molecule has 1 aliphatic rings. The zero-order chi connectivity index (χ0) is 17.6. The molecule has 1 aromatic heterocycles. The number of nitrogens with zero attached hydrogens (tertiary/aromatic N) is 2. The molecule has 1 aliphatic heterocycles. The Bertz CT molecular complexity index is 960. The van der Waals surface area contributed by atoms with E-state index in [1.807, 2.05) is 5.01 Å². The second-order valence-electron chi connectivity index (χ2n) is 5.84. The lowest BCUT2D eigenvalue weighted by Crippen LogP contribution is -2.55. The van der Waals surface area contributed by atoms with Crippen LogP contribution in [0, 0.1) is 0 Å². The van der Waals surface area contributed by atoms with Crippen molar-refractivity contribution in [3.05, 3.63) is 38.1 Å². The monoisotopic (exact) mass is 434 g/mol. The fourth-order valence-corrected chi connectivity index (χ4v) is 5.21. The van der Waals surface area contributed by atoms with Gasteiger partial charge in [-0.3, -0.25) is 0 Å². The largest absolute Gasteiger partial charge is 0.421 e. The Morgan fingerprint density at radius 1 is 1.42 bits per heavy atom. The van der Waals surface area contributed by atoms with Crippen LogP contribution in [0.5, 0.6) is 0 Å². The summed E-state index contributed by atoms with van der Waals surface area (Å²) in [6.07, 6.45) is 0. The summed E-state index contributed by atoms with van der Waals surface area (Å²) in [6, 6.07) is 4.96. The molecular weight excluding hydrogens is 420 g/mol. The fraction of sp³-hybridized carbons (Fsp3) is 0.400. The van der Waals surface area contributed by atoms with Crippen molar-refractivity contribution in [2.75, 3.05) is 30.1 Å². The van der Waals surface area contributed by atoms with Crippen LogP contribution in [0.2, 0.25) is 5.02 Å². The smallest absolute Gasteiger partial charge is 0.363 e. The first-order valence-electron chi connectivity index (χ1n) is 7.32. The highest BCUT2D eigenvalue weighted by Crippen LogP contribution is 2.33. The van der Waals surface area contributed by atoms with E-state index in [1.54, 1.807) is 37.2 Å². The summed E-state index contributed by atoms with van der Waals surface area (Å²) in [5.41, 5.74) is 0.0472. The van der Waals surface area contributed by atoms with Crippen LogP contribution in [-0.2, 0) is 9.84 Å². The Hall–Kier alpha value is -1.09. The molecule has 2 aromatic rings. The topological polar surface area (TPSA) is 70.8 Å². The zero-order valence-electron chi connectivity index (χ0n) is 13.1. The average Bonchev–Trinajstić information content (AvgIpc) is 2.47. The molecule has 0 N–H and O–H groups in total. The Morgan fingerprint density at radius 3 is 2.79 bits per heavy atom. The van der Waals surface area contributed by atoms with Gasteiger partial charge < -0.3 is 9.43 Å². The number of benzene rings is 1. The van der Waals surface area contributed by atoms with Crippen LogP contribution in [-0.4, -0.2) is 44.6 Å². The quantitative estimate of drug-likeness (QED) is 0.676. The number of anilines is 1. The number of halogens is 2. The van der Waals surface area contributed by atoms with Gasteiger partial charge in [-0.1, -0.05) is 27.5 Å². The highest BCUT2D eigenvalue weighted by atomic mass is 79.9. The van der Waals surface area contributed by atoms with E-state index in [-0.39, 0.29) is 28.3 Å². The maximum absolute atomic E-state index is 12.4. The molecular formula is C15H16BrClN2O4S. The molecule has 130 valence electrons. The third kappa shape index (κ3) is 3.20. The van der Waals surface area contributed by atoms with Crippen molar-refractivity contribution in [1.82, 2.24) is 5.01 Å². The van der Waals surface area contributed by atoms with Gasteiger partial charge in [0.25, 0.3) is 0 Å². The van der Waals surface area contributed by atoms with Crippen LogP contribution >= 0.6 is 27.5 Å². The van der Waals surface area contributed by atoms with Gasteiger partial charge >= 0.3 is 5.63 Å². The molecule has 1 fully saturated rings. The van der Waals surface area contributed by atoms with Crippen molar-refractivity contribution < 1.29 is 12.8 Å². The fourth-order valence-electron chi connectivity index (χ4n) is 2.97. The molecule has 2 heterocycles. The summed E-state index contributed by atoms with van der Waals surface area (Å²) >= 11 is 9.85. The molecule has 0 radical (unpaired) electrons. The minimum Gasteiger partial charge on any atom is -0.421 e. The lowest BCUT2D eigenvalue weighted by Gasteiger charge is -2.40. The first kappa shape index (κ1) is 17.7. The maximum atomic E-state index is 12.4. The third-order valence-electron chi connectivity index (χ3n) is 4.13. The zero-order valence-corrected chi connectivity index (χ0v) is 16.3. The summed E-state index contributed by atoms with van der Waals surface area (Å²) in [4.78, 5) is 12.4. The van der Waals surface area contributed by atoms with E-state index in [9.17, 15) is 13.2 Å². The summed E-state index contributed by atoms with van der Waals surface area (Å²) < 4.78 is 29.7. The third-order valence-corrected chi connectivity index (χ3v) is 6.80. The van der Waals surface area contributed by atoms with E-state index < -0.39 is 15.5 Å². The van der Waals surface area contributed by atoms with Crippen molar-refractivity contribution in [3.63, 3.8) is 0 Å². The Balaban J connectivity index is 2.07. The van der Waals surface area contributed by atoms with E-state index in [4.69, 9.17) is 16.0 Å². The molecule has 0 aliphatic carbocycles. The SMILES string of the molecule is CC1CS(=O)(=O)CCN1N(C)c1c(Cl)c2cc(Br)ccc2oc1=O. The Morgan fingerprint density at radius 2 is 2.12 bits per heavy atom. The molecule has 0 amide bonds. The van der Waals surface area contributed by atoms with Gasteiger partial charge in [0.15, 0.2) is 15.5 Å². The lowest BCUT2D eigenvalue weighted by atomic mass is 10.2. The van der Waals surface area contributed by atoms with E-state index in [0.29, 0.717) is 17.5 Å². The van der Waals surface area contributed by atoms with Gasteiger partial charge in [-0.05, 0) is 25.1 Å². The molecule has 0 saturated carbocycles. The Kier molecular flexibility index (Phi) is 4.67. The lowest BCUT2D eigenvalue weighted by molar-refractivity contribution is 0.216. The van der Waals surface area contributed by atoms with Crippen molar-refractivity contribution in [1.29, 1.82) is 0 Å². The van der Waals surface area contributed by atoms with Crippen LogP contribution in [0.15, 0.2) is 31.9 Å². The summed E-state index contributed by atoms with van der Waals surface area (Å²) in [7, 11) is -1.36. The van der Waals surface area contributed by atoms with Gasteiger partial charge in [0, 0.05) is 29.5 Å². The molecule has 9 heteroatoms. The molecule has 1 unspecified atom stereocenters. The van der Waals surface area contributed by atoms with E-state index in [1.165, 1.54) is 0 Å². The molecule has 1 atom stereocenters. The van der Waals surface area contributed by atoms with Gasteiger partial charge in [-0.15, -0.1) is 0 Å². The van der Waals surface area contributed by atoms with Crippen molar-refractivity contribution in [2.24, 2.45) is 0 Å². The van der Waals surface area contributed by atoms with Crippen molar-refractivity contribution in [3.8, 4) is 0 Å². The molecule has 24 heavy (non-hydrogen) atoms. The average molecular weight is 436 g/mol. The standard InChI is InChI=1S/C15H16BrClN2O4S/c1-9-8-24(21,22)6-5-19(9)18(2)14-13(17)11-7-10(16)3-4-12(11)23-15(14)20/h3-4,7,9H,5-6,8H2,1-2H3. The molecule has 0 spiro atoms. The van der Waals surface area contributed by atoms with Gasteiger partial charge in [0.05, 0.1) is 16.5 Å². The number of fused-ring (bicyclic) bond motifs is 1. The minimum atomic E-state index is -3.05. The molecule has 3 rings (SSSR count). The van der Waals surface area contributed by atoms with Crippen LogP contribution in [0.1, 0.15) is 6.92 Å². The summed E-state index contributed by atoms with van der Waals surface area (Å²) in [5.74, 6) is 0.0865. The van der Waals surface area contributed by atoms with E-state index >= 15 is 0 Å². The number of hydrogen-bond donors (Lipinski definition) is 0. The number of hydrogen-bond acceptors (Lipinski definition) is 6. The first-order chi connectivity index (χ1) is 11.2. The highest BCUT2D eigenvalue weighted by Gasteiger charge is 2.32. The van der Waals surface area contributed by atoms with Crippen molar-refractivity contribution >= 4 is 54.0 Å².